The topological polar surface area (TPSA) is 96.0 Å². The molecule has 0 heterocycles. The summed E-state index contributed by atoms with van der Waals surface area (Å²) in [5.74, 6) is 0.386. The molecule has 2 amide bonds. The number of amides is 2. The molecule has 0 saturated carbocycles. The Labute approximate surface area is 266 Å². The van der Waals surface area contributed by atoms with E-state index in [1.807, 2.05) is 106 Å². The van der Waals surface area contributed by atoms with Crippen molar-refractivity contribution in [3.63, 3.8) is 0 Å². The van der Waals surface area contributed by atoms with Gasteiger partial charge in [0.05, 0.1) is 11.9 Å². The first-order valence-electron chi connectivity index (χ1n) is 15.0. The van der Waals surface area contributed by atoms with Crippen LogP contribution in [-0.2, 0) is 32.6 Å². The summed E-state index contributed by atoms with van der Waals surface area (Å²) in [5.41, 5.74) is 3.05. The summed E-state index contributed by atoms with van der Waals surface area (Å²) in [4.78, 5) is 29.6. The van der Waals surface area contributed by atoms with Crippen molar-refractivity contribution < 1.29 is 22.7 Å². The minimum atomic E-state index is -3.88. The fourth-order valence-electron chi connectivity index (χ4n) is 4.92. The number of para-hydroxylation sites is 1. The molecule has 0 fully saturated rings. The van der Waals surface area contributed by atoms with Gasteiger partial charge in [0, 0.05) is 19.0 Å². The molecule has 1 N–H and O–H groups in total. The van der Waals surface area contributed by atoms with E-state index in [-0.39, 0.29) is 24.9 Å². The summed E-state index contributed by atoms with van der Waals surface area (Å²) in [6.07, 6.45) is 2.06. The highest BCUT2D eigenvalue weighted by Crippen LogP contribution is 2.26. The molecule has 0 aliphatic heterocycles. The number of nitrogens with one attached hydrogen (secondary N) is 1. The molecule has 2 atom stereocenters. The Morgan fingerprint density at radius 3 is 2.02 bits per heavy atom. The first-order valence-corrected chi connectivity index (χ1v) is 16.9. The molecule has 4 aromatic carbocycles. The number of aryl methyl sites for hydroxylation is 1. The van der Waals surface area contributed by atoms with Gasteiger partial charge >= 0.3 is 0 Å². The standard InChI is InChI=1S/C36H41N3O5S/c1-5-28(3)37-36(41)34(24-29-14-8-6-9-15-29)38(25-30-16-12-13-27(2)23-30)35(40)26-39(45(4,42)43)31-19-21-33(22-20-31)44-32-17-10-7-11-18-32/h6-23,28,34H,5,24-26H2,1-4H3,(H,37,41)/t28-,34+/m0/s1. The normalized spacial score (nSPS) is 12.5. The smallest absolute Gasteiger partial charge is 0.244 e. The molecular weight excluding hydrogens is 586 g/mol. The second kappa shape index (κ2) is 15.4. The molecule has 236 valence electrons. The van der Waals surface area contributed by atoms with Crippen LogP contribution in [0.2, 0.25) is 0 Å². The molecule has 0 aromatic heterocycles. The van der Waals surface area contributed by atoms with E-state index < -0.39 is 28.5 Å². The van der Waals surface area contributed by atoms with Crippen molar-refractivity contribution in [2.24, 2.45) is 0 Å². The Morgan fingerprint density at radius 1 is 0.822 bits per heavy atom. The number of carbonyl (C=O) groups excluding carboxylic acids is 2. The lowest BCUT2D eigenvalue weighted by atomic mass is 10.0. The summed E-state index contributed by atoms with van der Waals surface area (Å²) in [6.45, 7) is 5.51. The largest absolute Gasteiger partial charge is 0.457 e. The highest BCUT2D eigenvalue weighted by molar-refractivity contribution is 7.92. The van der Waals surface area contributed by atoms with E-state index in [0.717, 1.165) is 33.7 Å². The van der Waals surface area contributed by atoms with Crippen LogP contribution in [0.1, 0.15) is 37.0 Å². The summed E-state index contributed by atoms with van der Waals surface area (Å²) in [7, 11) is -3.88. The van der Waals surface area contributed by atoms with Gasteiger partial charge in [-0.3, -0.25) is 13.9 Å². The van der Waals surface area contributed by atoms with Gasteiger partial charge in [-0.25, -0.2) is 8.42 Å². The molecule has 0 aliphatic carbocycles. The zero-order chi connectivity index (χ0) is 32.4. The van der Waals surface area contributed by atoms with Crippen LogP contribution in [0.15, 0.2) is 109 Å². The van der Waals surface area contributed by atoms with Crippen molar-refractivity contribution in [1.29, 1.82) is 0 Å². The van der Waals surface area contributed by atoms with E-state index in [1.165, 1.54) is 4.90 Å². The van der Waals surface area contributed by atoms with Crippen molar-refractivity contribution in [2.45, 2.75) is 52.2 Å². The molecule has 0 radical (unpaired) electrons. The monoisotopic (exact) mass is 627 g/mol. The van der Waals surface area contributed by atoms with Crippen LogP contribution in [-0.4, -0.2) is 50.0 Å². The molecule has 4 rings (SSSR count). The molecule has 0 saturated heterocycles. The maximum atomic E-state index is 14.3. The molecule has 9 heteroatoms. The van der Waals surface area contributed by atoms with Gasteiger partial charge in [-0.05, 0) is 67.8 Å². The lowest BCUT2D eigenvalue weighted by Crippen LogP contribution is -2.54. The fraction of sp³-hybridized carbons (Fsp3) is 0.278. The molecule has 0 bridgehead atoms. The van der Waals surface area contributed by atoms with Gasteiger partial charge < -0.3 is 15.0 Å². The average Bonchev–Trinajstić information content (AvgIpc) is 3.02. The first-order chi connectivity index (χ1) is 21.5. The average molecular weight is 628 g/mol. The predicted octanol–water partition coefficient (Wildman–Crippen LogP) is 6.11. The van der Waals surface area contributed by atoms with Crippen LogP contribution in [0, 0.1) is 6.92 Å². The summed E-state index contributed by atoms with van der Waals surface area (Å²) >= 11 is 0. The van der Waals surface area contributed by atoms with Gasteiger partial charge in [0.1, 0.15) is 24.1 Å². The third-order valence-corrected chi connectivity index (χ3v) is 8.63. The third-order valence-electron chi connectivity index (χ3n) is 7.49. The van der Waals surface area contributed by atoms with Gasteiger partial charge in [0.25, 0.3) is 0 Å². The summed E-state index contributed by atoms with van der Waals surface area (Å²) < 4.78 is 33.1. The number of carbonyl (C=O) groups is 2. The number of hydrogen-bond acceptors (Lipinski definition) is 5. The Balaban J connectivity index is 1.68. The summed E-state index contributed by atoms with van der Waals surface area (Å²) in [5, 5.41) is 3.05. The lowest BCUT2D eigenvalue weighted by molar-refractivity contribution is -0.140. The summed E-state index contributed by atoms with van der Waals surface area (Å²) in [6, 6.07) is 32.0. The minimum absolute atomic E-state index is 0.101. The number of sulfonamides is 1. The SMILES string of the molecule is CC[C@H](C)NC(=O)[C@@H](Cc1ccccc1)N(Cc1cccc(C)c1)C(=O)CN(c1ccc(Oc2ccccc2)cc1)S(C)(=O)=O. The van der Waals surface area contributed by atoms with E-state index in [1.54, 1.807) is 24.3 Å². The molecule has 0 unspecified atom stereocenters. The van der Waals surface area contributed by atoms with Crippen molar-refractivity contribution >= 4 is 27.5 Å². The number of hydrogen-bond donors (Lipinski definition) is 1. The van der Waals surface area contributed by atoms with Crippen LogP contribution in [0.25, 0.3) is 0 Å². The van der Waals surface area contributed by atoms with Crippen LogP contribution in [0.4, 0.5) is 5.69 Å². The van der Waals surface area contributed by atoms with Crippen LogP contribution in [0.5, 0.6) is 11.5 Å². The second-order valence-corrected chi connectivity index (χ2v) is 13.1. The first kappa shape index (κ1) is 33.3. The van der Waals surface area contributed by atoms with Gasteiger partial charge in [-0.15, -0.1) is 0 Å². The maximum absolute atomic E-state index is 14.3. The van der Waals surface area contributed by atoms with Gasteiger partial charge in [-0.1, -0.05) is 85.3 Å². The molecule has 4 aromatic rings. The Bertz CT molecular complexity index is 1660. The Hall–Kier alpha value is -4.63. The van der Waals surface area contributed by atoms with Gasteiger partial charge in [0.15, 0.2) is 0 Å². The minimum Gasteiger partial charge on any atom is -0.457 e. The highest BCUT2D eigenvalue weighted by Gasteiger charge is 2.33. The van der Waals surface area contributed by atoms with E-state index in [0.29, 0.717) is 17.2 Å². The number of ether oxygens (including phenoxy) is 1. The Kier molecular flexibility index (Phi) is 11.4. The van der Waals surface area contributed by atoms with Crippen LogP contribution >= 0.6 is 0 Å². The second-order valence-electron chi connectivity index (χ2n) is 11.2. The van der Waals surface area contributed by atoms with E-state index in [2.05, 4.69) is 5.32 Å². The van der Waals surface area contributed by atoms with Crippen LogP contribution in [0.3, 0.4) is 0 Å². The quantitative estimate of drug-likeness (QED) is 0.182. The van der Waals surface area contributed by atoms with Crippen molar-refractivity contribution in [3.05, 3.63) is 126 Å². The highest BCUT2D eigenvalue weighted by atomic mass is 32.2. The number of rotatable bonds is 14. The van der Waals surface area contributed by atoms with E-state index in [9.17, 15) is 18.0 Å². The third kappa shape index (κ3) is 9.68. The van der Waals surface area contributed by atoms with Crippen molar-refractivity contribution in [3.8, 4) is 11.5 Å². The van der Waals surface area contributed by atoms with Crippen LogP contribution < -0.4 is 14.4 Å². The van der Waals surface area contributed by atoms with Crippen molar-refractivity contribution in [2.75, 3.05) is 17.1 Å². The van der Waals surface area contributed by atoms with Crippen molar-refractivity contribution in [1.82, 2.24) is 10.2 Å². The van der Waals surface area contributed by atoms with Gasteiger partial charge in [0.2, 0.25) is 21.8 Å². The Morgan fingerprint density at radius 2 is 1.42 bits per heavy atom. The predicted molar refractivity (Wildman–Crippen MR) is 179 cm³/mol. The fourth-order valence-corrected chi connectivity index (χ4v) is 5.77. The number of benzene rings is 4. The molecule has 45 heavy (non-hydrogen) atoms. The zero-order valence-corrected chi connectivity index (χ0v) is 27.0. The lowest BCUT2D eigenvalue weighted by Gasteiger charge is -2.34. The zero-order valence-electron chi connectivity index (χ0n) is 26.2. The molecule has 8 nitrogen and oxygen atoms in total. The number of anilines is 1. The van der Waals surface area contributed by atoms with E-state index in [4.69, 9.17) is 4.74 Å². The maximum Gasteiger partial charge on any atom is 0.244 e. The van der Waals surface area contributed by atoms with Gasteiger partial charge in [-0.2, -0.15) is 0 Å². The molecular formula is C36H41N3O5S. The number of nitrogens with zero attached hydrogens (tertiary/aromatic N) is 2. The van der Waals surface area contributed by atoms with E-state index >= 15 is 0 Å². The molecule has 0 spiro atoms. The molecule has 0 aliphatic rings.